The summed E-state index contributed by atoms with van der Waals surface area (Å²) in [6.45, 7) is 12.3. The van der Waals surface area contributed by atoms with Crippen LogP contribution < -0.4 is 19.9 Å². The molecule has 5 rings (SSSR count). The molecular weight excluding hydrogens is 486 g/mol. The maximum absolute atomic E-state index is 13.6. The Kier molecular flexibility index (Phi) is 9.01. The fourth-order valence-corrected chi connectivity index (χ4v) is 5.35. The van der Waals surface area contributed by atoms with E-state index in [0.717, 1.165) is 84.1 Å². The number of nitrogen functional groups attached to an aromatic ring is 1. The second-order valence-corrected chi connectivity index (χ2v) is 9.79. The van der Waals surface area contributed by atoms with Crippen LogP contribution in [0.3, 0.4) is 0 Å². The van der Waals surface area contributed by atoms with Crippen LogP contribution in [0.1, 0.15) is 35.7 Å². The molecule has 0 bridgehead atoms. The van der Waals surface area contributed by atoms with Gasteiger partial charge in [0.05, 0.1) is 57.5 Å². The molecule has 2 aliphatic heterocycles. The minimum absolute atomic E-state index is 0.119. The Morgan fingerprint density at radius 3 is 2.00 bits per heavy atom. The van der Waals surface area contributed by atoms with Gasteiger partial charge in [-0.3, -0.25) is 14.6 Å². The first-order valence-electron chi connectivity index (χ1n) is 13.8. The van der Waals surface area contributed by atoms with Gasteiger partial charge in [0.15, 0.2) is 5.78 Å². The highest BCUT2D eigenvalue weighted by molar-refractivity contribution is 6.26. The quantitative estimate of drug-likeness (QED) is 0.283. The average molecular weight is 526 g/mol. The minimum Gasteiger partial charge on any atom is -0.493 e. The number of morpholine rings is 2. The highest BCUT2D eigenvalue weighted by Gasteiger charge is 2.36. The zero-order chi connectivity index (χ0) is 26.3. The number of fused-ring (bicyclic) bond motifs is 3. The molecule has 0 spiro atoms. The molecular formula is C29H39N3O6. The lowest BCUT2D eigenvalue weighted by Gasteiger charge is -2.26. The fraction of sp³-hybridized carbons (Fsp3) is 0.552. The molecule has 0 amide bonds. The summed E-state index contributed by atoms with van der Waals surface area (Å²) in [6, 6.07) is 7.43. The summed E-state index contributed by atoms with van der Waals surface area (Å²) in [7, 11) is 0. The van der Waals surface area contributed by atoms with E-state index < -0.39 is 0 Å². The molecule has 1 aliphatic carbocycles. The number of carbonyl (C=O) groups is 1. The third-order valence-corrected chi connectivity index (χ3v) is 7.30. The first-order chi connectivity index (χ1) is 18.7. The van der Waals surface area contributed by atoms with Gasteiger partial charge in [0.25, 0.3) is 0 Å². The normalized spacial score (nSPS) is 17.8. The number of benzene rings is 2. The zero-order valence-electron chi connectivity index (χ0n) is 22.3. The monoisotopic (exact) mass is 525 g/mol. The van der Waals surface area contributed by atoms with Crippen LogP contribution in [-0.4, -0.2) is 101 Å². The Bertz CT molecular complexity index is 1110. The van der Waals surface area contributed by atoms with Crippen LogP contribution in [0.4, 0.5) is 5.69 Å². The van der Waals surface area contributed by atoms with Gasteiger partial charge < -0.3 is 29.4 Å². The van der Waals surface area contributed by atoms with Gasteiger partial charge in [-0.1, -0.05) is 12.1 Å². The molecule has 2 N–H and O–H groups in total. The highest BCUT2D eigenvalue weighted by Crippen LogP contribution is 2.52. The molecule has 0 saturated carbocycles. The van der Waals surface area contributed by atoms with E-state index in [1.54, 1.807) is 0 Å². The molecule has 9 heteroatoms. The van der Waals surface area contributed by atoms with Crippen LogP contribution in [0.15, 0.2) is 24.3 Å². The van der Waals surface area contributed by atoms with Crippen molar-refractivity contribution < 1.29 is 28.5 Å². The van der Waals surface area contributed by atoms with Gasteiger partial charge in [-0.2, -0.15) is 0 Å². The number of hydrogen-bond donors (Lipinski definition) is 1. The van der Waals surface area contributed by atoms with E-state index in [4.69, 9.17) is 29.4 Å². The topological polar surface area (TPSA) is 95.7 Å². The van der Waals surface area contributed by atoms with Crippen LogP contribution in [0, 0.1) is 0 Å². The number of nitrogens with two attached hydrogens (primary N) is 1. The third kappa shape index (κ3) is 5.91. The lowest BCUT2D eigenvalue weighted by molar-refractivity contribution is 0.0357. The van der Waals surface area contributed by atoms with E-state index in [2.05, 4.69) is 9.80 Å². The second-order valence-electron chi connectivity index (χ2n) is 9.79. The fourth-order valence-electron chi connectivity index (χ4n) is 5.35. The Morgan fingerprint density at radius 1 is 0.789 bits per heavy atom. The van der Waals surface area contributed by atoms with Crippen molar-refractivity contribution in [3.8, 4) is 28.4 Å². The number of rotatable bonds is 12. The van der Waals surface area contributed by atoms with Crippen LogP contribution in [-0.2, 0) is 9.47 Å². The molecule has 0 atom stereocenters. The largest absolute Gasteiger partial charge is 0.493 e. The molecule has 0 aromatic heterocycles. The summed E-state index contributed by atoms with van der Waals surface area (Å²) in [5.74, 6) is 1.64. The molecule has 3 aliphatic rings. The Hall–Kier alpha value is -2.85. The molecule has 38 heavy (non-hydrogen) atoms. The van der Waals surface area contributed by atoms with E-state index in [1.807, 2.05) is 31.2 Å². The molecule has 0 radical (unpaired) electrons. The summed E-state index contributed by atoms with van der Waals surface area (Å²) in [4.78, 5) is 18.3. The first kappa shape index (κ1) is 26.7. The Labute approximate surface area is 224 Å². The number of ether oxygens (including phenoxy) is 5. The smallest absolute Gasteiger partial charge is 0.196 e. The number of hydrogen-bond acceptors (Lipinski definition) is 9. The standard InChI is InChI=1S/C29H39N3O6/c1-2-36-23-20-24(38-15-5-9-32-12-18-35-19-13-32)28(30)27-26(23)25-21(29(27)33)6-3-7-22(25)37-14-4-8-31-10-16-34-17-11-31/h3,6-7,20H,2,4-5,8-19,30H2,1H3. The van der Waals surface area contributed by atoms with Gasteiger partial charge in [-0.05, 0) is 25.8 Å². The maximum atomic E-state index is 13.6. The van der Waals surface area contributed by atoms with Gasteiger partial charge in [0.2, 0.25) is 0 Å². The van der Waals surface area contributed by atoms with Crippen molar-refractivity contribution in [3.63, 3.8) is 0 Å². The van der Waals surface area contributed by atoms with Gasteiger partial charge >= 0.3 is 0 Å². The molecule has 2 aromatic rings. The molecule has 9 nitrogen and oxygen atoms in total. The van der Waals surface area contributed by atoms with Gasteiger partial charge in [-0.25, -0.2) is 0 Å². The van der Waals surface area contributed by atoms with Crippen LogP contribution in [0.25, 0.3) is 11.1 Å². The van der Waals surface area contributed by atoms with E-state index >= 15 is 0 Å². The lowest BCUT2D eigenvalue weighted by Crippen LogP contribution is -2.37. The van der Waals surface area contributed by atoms with Crippen molar-refractivity contribution in [2.24, 2.45) is 0 Å². The second kappa shape index (κ2) is 12.8. The Balaban J connectivity index is 1.31. The van der Waals surface area contributed by atoms with Crippen LogP contribution >= 0.6 is 0 Å². The highest BCUT2D eigenvalue weighted by atomic mass is 16.5. The minimum atomic E-state index is -0.119. The van der Waals surface area contributed by atoms with Crippen molar-refractivity contribution in [1.82, 2.24) is 9.80 Å². The van der Waals surface area contributed by atoms with E-state index in [1.165, 1.54) is 0 Å². The molecule has 2 heterocycles. The third-order valence-electron chi connectivity index (χ3n) is 7.30. The van der Waals surface area contributed by atoms with Gasteiger partial charge in [0, 0.05) is 62.0 Å². The van der Waals surface area contributed by atoms with Crippen molar-refractivity contribution in [3.05, 3.63) is 35.4 Å². The average Bonchev–Trinajstić information content (AvgIpc) is 3.26. The number of ketones is 1. The molecule has 2 fully saturated rings. The predicted molar refractivity (Wildman–Crippen MR) is 146 cm³/mol. The molecule has 0 unspecified atom stereocenters. The molecule has 2 aromatic carbocycles. The van der Waals surface area contributed by atoms with Gasteiger partial charge in [0.1, 0.15) is 17.2 Å². The van der Waals surface area contributed by atoms with E-state index in [9.17, 15) is 4.79 Å². The van der Waals surface area contributed by atoms with Crippen molar-refractivity contribution >= 4 is 11.5 Å². The summed E-state index contributed by atoms with van der Waals surface area (Å²) in [5, 5.41) is 0. The SMILES string of the molecule is CCOc1cc(OCCCN2CCOCC2)c(N)c2c1-c1c(OCCCN3CCOCC3)cccc1C2=O. The Morgan fingerprint density at radius 2 is 1.39 bits per heavy atom. The van der Waals surface area contributed by atoms with Crippen molar-refractivity contribution in [2.75, 3.05) is 91.3 Å². The van der Waals surface area contributed by atoms with E-state index in [-0.39, 0.29) is 5.78 Å². The number of anilines is 1. The zero-order valence-corrected chi connectivity index (χ0v) is 22.3. The van der Waals surface area contributed by atoms with Crippen molar-refractivity contribution in [2.45, 2.75) is 19.8 Å². The van der Waals surface area contributed by atoms with E-state index in [0.29, 0.717) is 59.4 Å². The van der Waals surface area contributed by atoms with Gasteiger partial charge in [-0.15, -0.1) is 0 Å². The number of carbonyl (C=O) groups excluding carboxylic acids is 1. The summed E-state index contributed by atoms with van der Waals surface area (Å²) in [5.41, 5.74) is 9.41. The summed E-state index contributed by atoms with van der Waals surface area (Å²) < 4.78 is 29.2. The summed E-state index contributed by atoms with van der Waals surface area (Å²) >= 11 is 0. The maximum Gasteiger partial charge on any atom is 0.196 e. The summed E-state index contributed by atoms with van der Waals surface area (Å²) in [6.07, 6.45) is 1.75. The molecule has 206 valence electrons. The van der Waals surface area contributed by atoms with Crippen LogP contribution in [0.5, 0.6) is 17.2 Å². The van der Waals surface area contributed by atoms with Crippen molar-refractivity contribution in [1.29, 1.82) is 0 Å². The number of nitrogens with zero attached hydrogens (tertiary/aromatic N) is 2. The van der Waals surface area contributed by atoms with Crippen LogP contribution in [0.2, 0.25) is 0 Å². The molecule has 2 saturated heterocycles. The lowest BCUT2D eigenvalue weighted by atomic mass is 10.0. The first-order valence-corrected chi connectivity index (χ1v) is 13.8. The predicted octanol–water partition coefficient (Wildman–Crippen LogP) is 3.08.